The number of rotatable bonds is 28. The summed E-state index contributed by atoms with van der Waals surface area (Å²) in [5.41, 5.74) is 6.14. The van der Waals surface area contributed by atoms with E-state index in [0.717, 1.165) is 4.90 Å². The Hall–Kier alpha value is -7.15. The summed E-state index contributed by atoms with van der Waals surface area (Å²) in [7, 11) is 0. The van der Waals surface area contributed by atoms with Crippen LogP contribution in [0.5, 0.6) is 0 Å². The number of imide groups is 1. The van der Waals surface area contributed by atoms with Gasteiger partial charge in [-0.25, -0.2) is 14.4 Å². The Morgan fingerprint density at radius 1 is 0.768 bits per heavy atom. The molecular weight excluding hydrogens is 891 g/mol. The van der Waals surface area contributed by atoms with Crippen LogP contribution in [0, 0.1) is 17.3 Å². The van der Waals surface area contributed by atoms with Gasteiger partial charge in [0.2, 0.25) is 17.7 Å². The van der Waals surface area contributed by atoms with E-state index in [9.17, 15) is 43.2 Å². The van der Waals surface area contributed by atoms with E-state index in [-0.39, 0.29) is 81.7 Å². The lowest BCUT2D eigenvalue weighted by Crippen LogP contribution is -2.58. The van der Waals surface area contributed by atoms with Gasteiger partial charge in [-0.05, 0) is 110 Å². The summed E-state index contributed by atoms with van der Waals surface area (Å²) < 4.78 is 16.1. The van der Waals surface area contributed by atoms with Gasteiger partial charge in [0, 0.05) is 50.2 Å². The van der Waals surface area contributed by atoms with Crippen LogP contribution in [0.2, 0.25) is 0 Å². The molecule has 2 aromatic rings. The molecule has 1 unspecified atom stereocenters. The molecule has 0 aromatic heterocycles. The monoisotopic (exact) mass is 955 g/mol. The first kappa shape index (κ1) is 54.5. The Balaban J connectivity index is 1.34. The first-order valence-corrected chi connectivity index (χ1v) is 23.2. The number of nitrogens with one attached hydrogen (secondary N) is 5. The number of amides is 8. The molecule has 1 heterocycles. The number of ether oxygens (including phenoxy) is 3. The molecule has 1 saturated carbocycles. The molecule has 19 heteroatoms. The van der Waals surface area contributed by atoms with Crippen LogP contribution in [-0.4, -0.2) is 104 Å². The van der Waals surface area contributed by atoms with Gasteiger partial charge in [-0.15, -0.1) is 0 Å². The highest BCUT2D eigenvalue weighted by Gasteiger charge is 2.51. The van der Waals surface area contributed by atoms with Crippen LogP contribution < -0.4 is 32.3 Å². The third-order valence-electron chi connectivity index (χ3n) is 10.9. The Morgan fingerprint density at radius 2 is 1.46 bits per heavy atom. The second kappa shape index (κ2) is 27.6. The van der Waals surface area contributed by atoms with Crippen molar-refractivity contribution >= 4 is 76.9 Å². The quantitative estimate of drug-likeness (QED) is 0.0212. The predicted molar refractivity (Wildman–Crippen MR) is 258 cm³/mol. The standard InChI is InChI=1S/C50H65N7O12/c1-33(2)29-67-32-39(58)19-16-37-15-11-35(14-22-44(61)68-30-34(3)4)28-41(37)56-49(66)69-31-36-12-17-38(18-13-36)54-45(62)40(10-8-26-53-48(51)65)55-47(64)50(23-9-24-50)46(63)52-25-6-5-7-27-57-42(59)20-21-43(57)60/h11-22,28,33-34,40H,5-10,23-27,29-32H2,1-4H3,(H,52,63)(H,54,62)(H,55,64)(H,56,66)(H3,51,53,65). The summed E-state index contributed by atoms with van der Waals surface area (Å²) in [6.07, 6.45) is 10.8. The minimum Gasteiger partial charge on any atom is -0.462 e. The molecule has 4 rings (SSSR count). The maximum absolute atomic E-state index is 13.8. The third-order valence-corrected chi connectivity index (χ3v) is 10.9. The Bertz CT molecular complexity index is 2230. The Labute approximate surface area is 402 Å². The van der Waals surface area contributed by atoms with Gasteiger partial charge in [0.1, 0.15) is 24.7 Å². The van der Waals surface area contributed by atoms with Crippen LogP contribution in [0.15, 0.2) is 66.8 Å². The number of urea groups is 1. The van der Waals surface area contributed by atoms with Crippen molar-refractivity contribution in [3.8, 4) is 0 Å². The summed E-state index contributed by atoms with van der Waals surface area (Å²) in [6.45, 7) is 8.93. The highest BCUT2D eigenvalue weighted by atomic mass is 16.5. The number of hydrogen-bond donors (Lipinski definition) is 6. The van der Waals surface area contributed by atoms with Gasteiger partial charge in [-0.2, -0.15) is 0 Å². The van der Waals surface area contributed by atoms with E-state index in [4.69, 9.17) is 19.9 Å². The fourth-order valence-electron chi connectivity index (χ4n) is 6.99. The van der Waals surface area contributed by atoms with Crippen molar-refractivity contribution in [3.63, 3.8) is 0 Å². The molecule has 1 aliphatic heterocycles. The van der Waals surface area contributed by atoms with Gasteiger partial charge in [0.15, 0.2) is 5.78 Å². The molecule has 0 saturated heterocycles. The molecule has 8 amide bonds. The number of ketones is 1. The lowest BCUT2D eigenvalue weighted by Gasteiger charge is -2.39. The van der Waals surface area contributed by atoms with E-state index >= 15 is 0 Å². The fourth-order valence-corrected chi connectivity index (χ4v) is 6.99. The molecule has 0 radical (unpaired) electrons. The molecule has 69 heavy (non-hydrogen) atoms. The maximum atomic E-state index is 13.8. The molecule has 0 spiro atoms. The number of anilines is 2. The molecule has 2 aromatic carbocycles. The first-order valence-electron chi connectivity index (χ1n) is 23.2. The van der Waals surface area contributed by atoms with Crippen molar-refractivity contribution < 1.29 is 57.4 Å². The first-order chi connectivity index (χ1) is 32.9. The van der Waals surface area contributed by atoms with E-state index < -0.39 is 47.3 Å². The number of nitrogens with zero attached hydrogens (tertiary/aromatic N) is 1. The predicted octanol–water partition coefficient (Wildman–Crippen LogP) is 5.16. The molecule has 1 atom stereocenters. The summed E-state index contributed by atoms with van der Waals surface area (Å²) >= 11 is 0. The van der Waals surface area contributed by atoms with Gasteiger partial charge in [0.25, 0.3) is 11.8 Å². The number of hydrogen-bond acceptors (Lipinski definition) is 12. The largest absolute Gasteiger partial charge is 0.462 e. The summed E-state index contributed by atoms with van der Waals surface area (Å²) in [6, 6.07) is 9.62. The molecule has 7 N–H and O–H groups in total. The van der Waals surface area contributed by atoms with Crippen LogP contribution in [0.3, 0.4) is 0 Å². The van der Waals surface area contributed by atoms with Crippen LogP contribution >= 0.6 is 0 Å². The van der Waals surface area contributed by atoms with Crippen molar-refractivity contribution in [1.29, 1.82) is 0 Å². The lowest BCUT2D eigenvalue weighted by atomic mass is 9.67. The van der Waals surface area contributed by atoms with Gasteiger partial charge in [-0.3, -0.25) is 39.0 Å². The Kier molecular flexibility index (Phi) is 21.8. The Morgan fingerprint density at radius 3 is 2.12 bits per heavy atom. The number of unbranched alkanes of at least 4 members (excludes halogenated alkanes) is 2. The van der Waals surface area contributed by atoms with Gasteiger partial charge >= 0.3 is 18.1 Å². The average Bonchev–Trinajstić information content (AvgIpc) is 3.61. The second-order valence-corrected chi connectivity index (χ2v) is 17.7. The molecule has 1 aliphatic carbocycles. The van der Waals surface area contributed by atoms with Gasteiger partial charge in [-0.1, -0.05) is 58.4 Å². The number of nitrogens with two attached hydrogens (primary N) is 1. The zero-order valence-corrected chi connectivity index (χ0v) is 39.8. The second-order valence-electron chi connectivity index (χ2n) is 17.7. The molecule has 372 valence electrons. The number of benzene rings is 2. The fraction of sp³-hybridized carbons (Fsp3) is 0.460. The minimum atomic E-state index is -1.36. The topological polar surface area (TPSA) is 271 Å². The van der Waals surface area contributed by atoms with E-state index in [1.165, 1.54) is 30.4 Å². The summed E-state index contributed by atoms with van der Waals surface area (Å²) in [5.74, 6) is -2.66. The normalized spacial score (nSPS) is 14.4. The van der Waals surface area contributed by atoms with Crippen LogP contribution in [0.25, 0.3) is 12.2 Å². The van der Waals surface area contributed by atoms with Crippen LogP contribution in [-0.2, 0) is 54.4 Å². The SMILES string of the molecule is CC(C)COCC(=O)C=Cc1ccc(C=CC(=O)OCC(C)C)cc1NC(=O)OCc1ccc(NC(=O)C(CCCNC(N)=O)NC(=O)C2(C(=O)NCCCCCN3C(=O)C=CC3=O)CCC2)cc1. The van der Waals surface area contributed by atoms with Gasteiger partial charge < -0.3 is 41.2 Å². The van der Waals surface area contributed by atoms with Crippen molar-refractivity contribution in [3.05, 3.63) is 83.5 Å². The third kappa shape index (κ3) is 18.5. The lowest BCUT2D eigenvalue weighted by molar-refractivity contribution is -0.151. The summed E-state index contributed by atoms with van der Waals surface area (Å²) in [4.78, 5) is 115. The molecule has 2 aliphatic rings. The van der Waals surface area contributed by atoms with E-state index in [0.29, 0.717) is 73.2 Å². The minimum absolute atomic E-state index is 0.102. The van der Waals surface area contributed by atoms with Crippen molar-refractivity contribution in [2.75, 3.05) is 50.1 Å². The van der Waals surface area contributed by atoms with Crippen LogP contribution in [0.4, 0.5) is 21.0 Å². The van der Waals surface area contributed by atoms with E-state index in [1.807, 2.05) is 27.7 Å². The molecule has 1 fully saturated rings. The number of carbonyl (C=O) groups excluding carboxylic acids is 9. The number of esters is 1. The maximum Gasteiger partial charge on any atom is 0.411 e. The number of carbonyl (C=O) groups is 9. The molecule has 0 bridgehead atoms. The van der Waals surface area contributed by atoms with Crippen LogP contribution in [0.1, 0.15) is 95.8 Å². The number of primary amides is 1. The van der Waals surface area contributed by atoms with E-state index in [2.05, 4.69) is 26.6 Å². The zero-order chi connectivity index (χ0) is 50.3. The molecular formula is C50H65N7O12. The van der Waals surface area contributed by atoms with Gasteiger partial charge in [0.05, 0.1) is 12.3 Å². The molecule has 19 nitrogen and oxygen atoms in total. The van der Waals surface area contributed by atoms with Crippen molar-refractivity contribution in [2.24, 2.45) is 23.0 Å². The zero-order valence-electron chi connectivity index (χ0n) is 39.8. The van der Waals surface area contributed by atoms with Crippen molar-refractivity contribution in [2.45, 2.75) is 91.7 Å². The highest BCUT2D eigenvalue weighted by Crippen LogP contribution is 2.41. The highest BCUT2D eigenvalue weighted by molar-refractivity contribution is 6.13. The van der Waals surface area contributed by atoms with E-state index in [1.54, 1.807) is 48.5 Å². The summed E-state index contributed by atoms with van der Waals surface area (Å²) in [5, 5.41) is 13.6. The smallest absolute Gasteiger partial charge is 0.411 e. The van der Waals surface area contributed by atoms with Crippen molar-refractivity contribution in [1.82, 2.24) is 20.9 Å². The average molecular weight is 956 g/mol.